The summed E-state index contributed by atoms with van der Waals surface area (Å²) in [4.78, 5) is 16.9. The first-order valence-electron chi connectivity index (χ1n) is 5.97. The fourth-order valence-electron chi connectivity index (χ4n) is 2.35. The van der Waals surface area contributed by atoms with E-state index in [1.54, 1.807) is 10.8 Å². The Hall–Kier alpha value is -2.10. The summed E-state index contributed by atoms with van der Waals surface area (Å²) >= 11 is 0. The lowest BCUT2D eigenvalue weighted by Crippen LogP contribution is -2.35. The van der Waals surface area contributed by atoms with E-state index in [0.29, 0.717) is 5.52 Å². The van der Waals surface area contributed by atoms with Gasteiger partial charge in [-0.3, -0.25) is 9.36 Å². The summed E-state index contributed by atoms with van der Waals surface area (Å²) < 4.78 is 3.66. The van der Waals surface area contributed by atoms with Crippen molar-refractivity contribution in [2.45, 2.75) is 26.3 Å². The highest BCUT2D eigenvalue weighted by Gasteiger charge is 2.20. The number of rotatable bonds is 0. The van der Waals surface area contributed by atoms with Crippen molar-refractivity contribution < 1.29 is 0 Å². The molecule has 3 aromatic heterocycles. The maximum Gasteiger partial charge on any atom is 0.276 e. The standard InChI is InChI=1S/C14H15N3O/c1-14(2,3)17-12-10(6-4-8-15-12)16-9-5-7-11(16)13(17)18/h4-9H,1-3H3. The molecule has 0 aromatic carbocycles. The largest absolute Gasteiger partial charge is 0.309 e. The van der Waals surface area contributed by atoms with Gasteiger partial charge in [0.25, 0.3) is 5.56 Å². The van der Waals surface area contributed by atoms with E-state index in [4.69, 9.17) is 0 Å². The first-order valence-corrected chi connectivity index (χ1v) is 5.97. The minimum atomic E-state index is -0.296. The van der Waals surface area contributed by atoms with Crippen LogP contribution in [0.3, 0.4) is 0 Å². The molecule has 18 heavy (non-hydrogen) atoms. The third-order valence-electron chi connectivity index (χ3n) is 3.08. The van der Waals surface area contributed by atoms with Crippen molar-refractivity contribution in [3.8, 4) is 0 Å². The van der Waals surface area contributed by atoms with Crippen LogP contribution in [0, 0.1) is 0 Å². The fraction of sp³-hybridized carbons (Fsp3) is 0.286. The van der Waals surface area contributed by atoms with E-state index in [2.05, 4.69) is 4.98 Å². The normalized spacial score (nSPS) is 12.4. The molecule has 4 nitrogen and oxygen atoms in total. The second-order valence-electron chi connectivity index (χ2n) is 5.42. The van der Waals surface area contributed by atoms with Crippen molar-refractivity contribution >= 4 is 16.7 Å². The average Bonchev–Trinajstić information content (AvgIpc) is 2.77. The van der Waals surface area contributed by atoms with Crippen molar-refractivity contribution in [3.63, 3.8) is 0 Å². The van der Waals surface area contributed by atoms with Crippen molar-refractivity contribution in [1.82, 2.24) is 14.0 Å². The van der Waals surface area contributed by atoms with Gasteiger partial charge in [0.1, 0.15) is 5.52 Å². The van der Waals surface area contributed by atoms with Crippen LogP contribution in [-0.2, 0) is 5.54 Å². The van der Waals surface area contributed by atoms with Crippen LogP contribution in [0.1, 0.15) is 20.8 Å². The summed E-state index contributed by atoms with van der Waals surface area (Å²) in [5.41, 5.74) is 2.06. The molecule has 0 N–H and O–H groups in total. The Bertz CT molecular complexity index is 790. The molecular weight excluding hydrogens is 226 g/mol. The zero-order valence-electron chi connectivity index (χ0n) is 10.7. The van der Waals surface area contributed by atoms with E-state index >= 15 is 0 Å². The van der Waals surface area contributed by atoms with Crippen LogP contribution in [-0.4, -0.2) is 14.0 Å². The first-order chi connectivity index (χ1) is 8.50. The molecule has 0 saturated heterocycles. The van der Waals surface area contributed by atoms with Gasteiger partial charge in [-0.15, -0.1) is 0 Å². The van der Waals surface area contributed by atoms with Gasteiger partial charge in [0, 0.05) is 17.9 Å². The molecule has 0 atom stereocenters. The summed E-state index contributed by atoms with van der Waals surface area (Å²) in [6, 6.07) is 7.60. The molecular formula is C14H15N3O. The lowest BCUT2D eigenvalue weighted by molar-refractivity contribution is 0.396. The first kappa shape index (κ1) is 11.0. The third-order valence-corrected chi connectivity index (χ3v) is 3.08. The van der Waals surface area contributed by atoms with E-state index in [1.807, 2.05) is 55.6 Å². The van der Waals surface area contributed by atoms with Gasteiger partial charge in [-0.1, -0.05) is 0 Å². The molecule has 0 fully saturated rings. The van der Waals surface area contributed by atoms with Gasteiger partial charge in [-0.05, 0) is 45.0 Å². The predicted molar refractivity (Wildman–Crippen MR) is 72.0 cm³/mol. The lowest BCUT2D eigenvalue weighted by Gasteiger charge is -2.24. The monoisotopic (exact) mass is 241 g/mol. The van der Waals surface area contributed by atoms with E-state index in [-0.39, 0.29) is 11.1 Å². The Morgan fingerprint density at radius 3 is 2.56 bits per heavy atom. The average molecular weight is 241 g/mol. The van der Waals surface area contributed by atoms with E-state index in [1.165, 1.54) is 0 Å². The Morgan fingerprint density at radius 2 is 1.83 bits per heavy atom. The van der Waals surface area contributed by atoms with Crippen LogP contribution in [0.15, 0.2) is 41.5 Å². The van der Waals surface area contributed by atoms with E-state index in [9.17, 15) is 4.79 Å². The molecule has 0 aliphatic heterocycles. The van der Waals surface area contributed by atoms with Crippen LogP contribution in [0.5, 0.6) is 0 Å². The number of fused-ring (bicyclic) bond motifs is 3. The third kappa shape index (κ3) is 1.38. The van der Waals surface area contributed by atoms with Crippen molar-refractivity contribution in [1.29, 1.82) is 0 Å². The Balaban J connectivity index is 2.67. The number of pyridine rings is 1. The summed E-state index contributed by atoms with van der Waals surface area (Å²) in [6.07, 6.45) is 3.62. The summed E-state index contributed by atoms with van der Waals surface area (Å²) in [7, 11) is 0. The van der Waals surface area contributed by atoms with Crippen LogP contribution >= 0.6 is 0 Å². The topological polar surface area (TPSA) is 39.3 Å². The van der Waals surface area contributed by atoms with E-state index in [0.717, 1.165) is 11.2 Å². The number of hydrogen-bond donors (Lipinski definition) is 0. The van der Waals surface area contributed by atoms with Crippen LogP contribution in [0.2, 0.25) is 0 Å². The van der Waals surface area contributed by atoms with Crippen molar-refractivity contribution in [2.24, 2.45) is 0 Å². The molecule has 0 amide bonds. The highest BCUT2D eigenvalue weighted by Crippen LogP contribution is 2.19. The quantitative estimate of drug-likeness (QED) is 0.606. The van der Waals surface area contributed by atoms with Gasteiger partial charge in [-0.25, -0.2) is 4.98 Å². The smallest absolute Gasteiger partial charge is 0.276 e. The predicted octanol–water partition coefficient (Wildman–Crippen LogP) is 2.40. The minimum absolute atomic E-state index is 0.00120. The molecule has 0 unspecified atom stereocenters. The highest BCUT2D eigenvalue weighted by molar-refractivity contribution is 5.75. The summed E-state index contributed by atoms with van der Waals surface area (Å²) in [5.74, 6) is 0. The molecule has 0 aliphatic rings. The molecule has 92 valence electrons. The molecule has 0 bridgehead atoms. The SMILES string of the molecule is CC(C)(C)n1c(=O)c2cccn2c2cccnc21. The molecule has 3 heterocycles. The van der Waals surface area contributed by atoms with Crippen LogP contribution in [0.25, 0.3) is 16.7 Å². The summed E-state index contributed by atoms with van der Waals surface area (Å²) in [6.45, 7) is 6.05. The molecule has 4 heteroatoms. The molecule has 3 aromatic rings. The minimum Gasteiger partial charge on any atom is -0.309 e. The van der Waals surface area contributed by atoms with Crippen molar-refractivity contribution in [2.75, 3.05) is 0 Å². The lowest BCUT2D eigenvalue weighted by atomic mass is 10.1. The maximum absolute atomic E-state index is 12.6. The second kappa shape index (κ2) is 3.45. The van der Waals surface area contributed by atoms with Gasteiger partial charge in [0.15, 0.2) is 5.65 Å². The molecule has 0 aliphatic carbocycles. The second-order valence-corrected chi connectivity index (χ2v) is 5.42. The fourth-order valence-corrected chi connectivity index (χ4v) is 2.35. The molecule has 0 saturated carbocycles. The van der Waals surface area contributed by atoms with Crippen molar-refractivity contribution in [3.05, 3.63) is 47.0 Å². The Labute approximate surface area is 105 Å². The van der Waals surface area contributed by atoms with Gasteiger partial charge >= 0.3 is 0 Å². The zero-order valence-corrected chi connectivity index (χ0v) is 10.7. The maximum atomic E-state index is 12.6. The highest BCUT2D eigenvalue weighted by atomic mass is 16.1. The van der Waals surface area contributed by atoms with Gasteiger partial charge in [-0.2, -0.15) is 0 Å². The van der Waals surface area contributed by atoms with Crippen LogP contribution in [0.4, 0.5) is 0 Å². The van der Waals surface area contributed by atoms with Gasteiger partial charge in [0.2, 0.25) is 0 Å². The van der Waals surface area contributed by atoms with Gasteiger partial charge in [0.05, 0.1) is 5.52 Å². The molecule has 3 rings (SSSR count). The zero-order chi connectivity index (χ0) is 12.9. The number of aromatic nitrogens is 3. The Morgan fingerprint density at radius 1 is 1.11 bits per heavy atom. The molecule has 0 spiro atoms. The summed E-state index contributed by atoms with van der Waals surface area (Å²) in [5, 5.41) is 0. The number of nitrogens with zero attached hydrogens (tertiary/aromatic N) is 3. The number of hydrogen-bond acceptors (Lipinski definition) is 2. The Kier molecular flexibility index (Phi) is 2.11. The van der Waals surface area contributed by atoms with Gasteiger partial charge < -0.3 is 4.40 Å². The molecule has 0 radical (unpaired) electrons. The van der Waals surface area contributed by atoms with E-state index < -0.39 is 0 Å². The van der Waals surface area contributed by atoms with Crippen LogP contribution < -0.4 is 5.56 Å².